The first kappa shape index (κ1) is 19.1. The summed E-state index contributed by atoms with van der Waals surface area (Å²) >= 11 is 0. The van der Waals surface area contributed by atoms with E-state index in [2.05, 4.69) is 15.5 Å². The van der Waals surface area contributed by atoms with Crippen molar-refractivity contribution in [1.82, 2.24) is 15.5 Å². The molecule has 1 amide bonds. The molecule has 0 bridgehead atoms. The Bertz CT molecular complexity index is 754. The number of rotatable bonds is 8. The standard InChI is InChI=1S/C20H25N3O4/c24-19(25)9-8-16(11-14-5-2-1-3-6-14)22-20(26)17-12-18(27-23-17)15-7-4-10-21-13-15/h4,7,10,12-14,16H,1-3,5-6,8-9,11H2,(H,22,26)(H,24,25). The number of aliphatic carboxylic acids is 1. The second-order valence-corrected chi connectivity index (χ2v) is 7.16. The predicted octanol–water partition coefficient (Wildman–Crippen LogP) is 3.67. The van der Waals surface area contributed by atoms with Crippen molar-refractivity contribution in [3.8, 4) is 11.3 Å². The number of carbonyl (C=O) groups is 2. The molecule has 2 N–H and O–H groups in total. The van der Waals surface area contributed by atoms with Gasteiger partial charge in [-0.2, -0.15) is 0 Å². The van der Waals surface area contributed by atoms with E-state index in [-0.39, 0.29) is 24.1 Å². The van der Waals surface area contributed by atoms with Gasteiger partial charge in [0, 0.05) is 36.5 Å². The summed E-state index contributed by atoms with van der Waals surface area (Å²) in [5.74, 6) is -0.165. The molecular formula is C20H25N3O4. The van der Waals surface area contributed by atoms with E-state index in [4.69, 9.17) is 9.63 Å². The molecule has 0 aromatic carbocycles. The lowest BCUT2D eigenvalue weighted by molar-refractivity contribution is -0.137. The molecule has 0 aliphatic heterocycles. The van der Waals surface area contributed by atoms with Crippen molar-refractivity contribution in [3.63, 3.8) is 0 Å². The fraction of sp³-hybridized carbons (Fsp3) is 0.500. The summed E-state index contributed by atoms with van der Waals surface area (Å²) < 4.78 is 5.26. The molecule has 1 fully saturated rings. The number of nitrogens with zero attached hydrogens (tertiary/aromatic N) is 2. The Morgan fingerprint density at radius 2 is 2.11 bits per heavy atom. The highest BCUT2D eigenvalue weighted by atomic mass is 16.5. The van der Waals surface area contributed by atoms with Crippen molar-refractivity contribution in [1.29, 1.82) is 0 Å². The second-order valence-electron chi connectivity index (χ2n) is 7.16. The van der Waals surface area contributed by atoms with Gasteiger partial charge >= 0.3 is 5.97 Å². The predicted molar refractivity (Wildman–Crippen MR) is 99.1 cm³/mol. The van der Waals surface area contributed by atoms with Gasteiger partial charge in [0.1, 0.15) is 0 Å². The molecule has 3 rings (SSSR count). The van der Waals surface area contributed by atoms with Gasteiger partial charge in [-0.25, -0.2) is 0 Å². The highest BCUT2D eigenvalue weighted by molar-refractivity contribution is 5.93. The number of hydrogen-bond acceptors (Lipinski definition) is 5. The van der Waals surface area contributed by atoms with Gasteiger partial charge in [-0.15, -0.1) is 0 Å². The van der Waals surface area contributed by atoms with Gasteiger partial charge in [0.05, 0.1) is 0 Å². The van der Waals surface area contributed by atoms with Crippen LogP contribution >= 0.6 is 0 Å². The molecule has 2 aromatic rings. The number of carbonyl (C=O) groups excluding carboxylic acids is 1. The molecule has 0 radical (unpaired) electrons. The summed E-state index contributed by atoms with van der Waals surface area (Å²) in [5.41, 5.74) is 0.937. The lowest BCUT2D eigenvalue weighted by Gasteiger charge is -2.26. The third-order valence-electron chi connectivity index (χ3n) is 5.07. The van der Waals surface area contributed by atoms with Gasteiger partial charge in [0.2, 0.25) is 0 Å². The number of carboxylic acids is 1. The van der Waals surface area contributed by atoms with Crippen LogP contribution in [0.25, 0.3) is 11.3 Å². The molecule has 2 heterocycles. The average Bonchev–Trinajstić information content (AvgIpc) is 3.18. The Labute approximate surface area is 158 Å². The third kappa shape index (κ3) is 5.64. The zero-order valence-electron chi connectivity index (χ0n) is 15.3. The summed E-state index contributed by atoms with van der Waals surface area (Å²) in [6.07, 6.45) is 10.5. The smallest absolute Gasteiger partial charge is 0.303 e. The monoisotopic (exact) mass is 371 g/mol. The molecule has 2 aromatic heterocycles. The largest absolute Gasteiger partial charge is 0.481 e. The van der Waals surface area contributed by atoms with E-state index < -0.39 is 5.97 Å². The van der Waals surface area contributed by atoms with Crippen LogP contribution in [0, 0.1) is 5.92 Å². The highest BCUT2D eigenvalue weighted by Crippen LogP contribution is 2.28. The van der Waals surface area contributed by atoms with Crippen LogP contribution in [0.1, 0.15) is 61.9 Å². The van der Waals surface area contributed by atoms with Crippen LogP contribution in [0.2, 0.25) is 0 Å². The summed E-state index contributed by atoms with van der Waals surface area (Å²) in [4.78, 5) is 27.6. The Balaban J connectivity index is 1.64. The maximum Gasteiger partial charge on any atom is 0.303 e. The van der Waals surface area contributed by atoms with E-state index in [9.17, 15) is 9.59 Å². The average molecular weight is 371 g/mol. The Morgan fingerprint density at radius 1 is 1.30 bits per heavy atom. The Kier molecular flexibility index (Phi) is 6.57. The summed E-state index contributed by atoms with van der Waals surface area (Å²) in [6, 6.07) is 5.02. The zero-order chi connectivity index (χ0) is 19.1. The van der Waals surface area contributed by atoms with E-state index in [1.165, 1.54) is 19.3 Å². The minimum atomic E-state index is -0.849. The lowest BCUT2D eigenvalue weighted by Crippen LogP contribution is -2.37. The molecule has 0 saturated heterocycles. The summed E-state index contributed by atoms with van der Waals surface area (Å²) in [5, 5.41) is 15.8. The first-order chi connectivity index (χ1) is 13.1. The molecule has 1 aliphatic carbocycles. The van der Waals surface area contributed by atoms with Gasteiger partial charge in [0.25, 0.3) is 5.91 Å². The summed E-state index contributed by atoms with van der Waals surface area (Å²) in [7, 11) is 0. The molecule has 27 heavy (non-hydrogen) atoms. The third-order valence-corrected chi connectivity index (χ3v) is 5.07. The van der Waals surface area contributed by atoms with Crippen LogP contribution < -0.4 is 5.32 Å². The molecule has 1 unspecified atom stereocenters. The van der Waals surface area contributed by atoms with E-state index in [0.29, 0.717) is 18.1 Å². The second kappa shape index (κ2) is 9.30. The summed E-state index contributed by atoms with van der Waals surface area (Å²) in [6.45, 7) is 0. The van der Waals surface area contributed by atoms with Gasteiger partial charge < -0.3 is 14.9 Å². The van der Waals surface area contributed by atoms with Gasteiger partial charge in [-0.05, 0) is 30.9 Å². The highest BCUT2D eigenvalue weighted by Gasteiger charge is 2.23. The molecule has 7 nitrogen and oxygen atoms in total. The van der Waals surface area contributed by atoms with Crippen molar-refractivity contribution in [3.05, 3.63) is 36.3 Å². The number of nitrogens with one attached hydrogen (secondary N) is 1. The van der Waals surface area contributed by atoms with Crippen LogP contribution in [0.15, 0.2) is 35.1 Å². The van der Waals surface area contributed by atoms with Gasteiger partial charge in [-0.3, -0.25) is 14.6 Å². The van der Waals surface area contributed by atoms with Crippen molar-refractivity contribution in [2.45, 2.75) is 57.4 Å². The first-order valence-corrected chi connectivity index (χ1v) is 9.51. The normalized spacial score (nSPS) is 16.0. The Hall–Kier alpha value is -2.70. The molecule has 7 heteroatoms. The number of pyridine rings is 1. The lowest BCUT2D eigenvalue weighted by atomic mass is 9.84. The maximum absolute atomic E-state index is 12.6. The van der Waals surface area contributed by atoms with Crippen LogP contribution in [-0.2, 0) is 4.79 Å². The molecule has 0 spiro atoms. The number of carboxylic acid groups (broad SMARTS) is 1. The molecule has 1 saturated carbocycles. The molecule has 144 valence electrons. The van der Waals surface area contributed by atoms with Crippen LogP contribution in [0.3, 0.4) is 0 Å². The van der Waals surface area contributed by atoms with Crippen LogP contribution in [0.5, 0.6) is 0 Å². The number of amides is 1. The molecule has 1 atom stereocenters. The topological polar surface area (TPSA) is 105 Å². The minimum Gasteiger partial charge on any atom is -0.481 e. The fourth-order valence-corrected chi connectivity index (χ4v) is 3.66. The van der Waals surface area contributed by atoms with Crippen molar-refractivity contribution >= 4 is 11.9 Å². The van der Waals surface area contributed by atoms with E-state index in [1.54, 1.807) is 24.5 Å². The number of aromatic nitrogens is 2. The molecular weight excluding hydrogens is 346 g/mol. The first-order valence-electron chi connectivity index (χ1n) is 9.51. The van der Waals surface area contributed by atoms with E-state index in [0.717, 1.165) is 24.8 Å². The minimum absolute atomic E-state index is 0.0391. The maximum atomic E-state index is 12.6. The van der Waals surface area contributed by atoms with Crippen molar-refractivity contribution in [2.24, 2.45) is 5.92 Å². The van der Waals surface area contributed by atoms with Crippen molar-refractivity contribution in [2.75, 3.05) is 0 Å². The quantitative estimate of drug-likeness (QED) is 0.733. The zero-order valence-corrected chi connectivity index (χ0v) is 15.3. The van der Waals surface area contributed by atoms with Gasteiger partial charge in [-0.1, -0.05) is 37.3 Å². The van der Waals surface area contributed by atoms with Gasteiger partial charge in [0.15, 0.2) is 11.5 Å². The van der Waals surface area contributed by atoms with Crippen LogP contribution in [0.4, 0.5) is 0 Å². The van der Waals surface area contributed by atoms with E-state index >= 15 is 0 Å². The fourth-order valence-electron chi connectivity index (χ4n) is 3.66. The molecule has 1 aliphatic rings. The van der Waals surface area contributed by atoms with E-state index in [1.807, 2.05) is 6.07 Å². The SMILES string of the molecule is O=C(O)CCC(CC1CCCCC1)NC(=O)c1cc(-c2cccnc2)on1. The van der Waals surface area contributed by atoms with Crippen molar-refractivity contribution < 1.29 is 19.2 Å². The Morgan fingerprint density at radius 3 is 2.81 bits per heavy atom. The van der Waals surface area contributed by atoms with Crippen LogP contribution in [-0.4, -0.2) is 33.2 Å². The number of hydrogen-bond donors (Lipinski definition) is 2.